The topological polar surface area (TPSA) is 69.6 Å². The van der Waals surface area contributed by atoms with Gasteiger partial charge in [-0.25, -0.2) is 0 Å². The van der Waals surface area contributed by atoms with E-state index in [2.05, 4.69) is 5.32 Å². The molecule has 1 aromatic heterocycles. The van der Waals surface area contributed by atoms with E-state index < -0.39 is 0 Å². The monoisotopic (exact) mass is 372 g/mol. The average Bonchev–Trinajstić information content (AvgIpc) is 2.64. The van der Waals surface area contributed by atoms with Crippen molar-refractivity contribution < 1.29 is 14.3 Å². The number of hydrogen-bond acceptors (Lipinski definition) is 4. The largest absolute Gasteiger partial charge is 0.495 e. The Bertz CT molecular complexity index is 1030. The molecule has 2 aromatic carbocycles. The molecular weight excluding hydrogens is 356 g/mol. The van der Waals surface area contributed by atoms with Crippen molar-refractivity contribution in [1.29, 1.82) is 0 Å². The summed E-state index contributed by atoms with van der Waals surface area (Å²) in [6.45, 7) is -0.235. The first-order valence-corrected chi connectivity index (χ1v) is 8.22. The molecule has 0 aliphatic heterocycles. The lowest BCUT2D eigenvalue weighted by atomic mass is 10.2. The van der Waals surface area contributed by atoms with E-state index in [9.17, 15) is 9.59 Å². The van der Waals surface area contributed by atoms with Gasteiger partial charge in [0.15, 0.2) is 6.61 Å². The van der Waals surface area contributed by atoms with Gasteiger partial charge in [-0.15, -0.1) is 0 Å². The summed E-state index contributed by atoms with van der Waals surface area (Å²) >= 11 is 6.04. The Labute approximate surface area is 154 Å². The number of carbonyl (C=O) groups excluding carboxylic acids is 1. The molecule has 0 saturated heterocycles. The number of pyridine rings is 1. The smallest absolute Gasteiger partial charge is 0.262 e. The summed E-state index contributed by atoms with van der Waals surface area (Å²) in [5.41, 5.74) is 1.05. The third-order valence-corrected chi connectivity index (χ3v) is 4.21. The summed E-state index contributed by atoms with van der Waals surface area (Å²) in [6.07, 6.45) is 0. The van der Waals surface area contributed by atoms with Gasteiger partial charge in [0, 0.05) is 24.2 Å². The van der Waals surface area contributed by atoms with Gasteiger partial charge in [-0.1, -0.05) is 23.7 Å². The normalized spacial score (nSPS) is 10.6. The number of ether oxygens (including phenoxy) is 2. The zero-order valence-electron chi connectivity index (χ0n) is 14.3. The number of anilines is 1. The average molecular weight is 373 g/mol. The first-order valence-electron chi connectivity index (χ1n) is 7.84. The number of para-hydroxylation sites is 1. The van der Waals surface area contributed by atoms with Crippen LogP contribution in [0.2, 0.25) is 5.02 Å². The third kappa shape index (κ3) is 3.65. The van der Waals surface area contributed by atoms with Crippen LogP contribution in [-0.4, -0.2) is 24.2 Å². The van der Waals surface area contributed by atoms with Gasteiger partial charge >= 0.3 is 0 Å². The van der Waals surface area contributed by atoms with Crippen molar-refractivity contribution in [2.24, 2.45) is 7.05 Å². The van der Waals surface area contributed by atoms with Crippen molar-refractivity contribution in [2.75, 3.05) is 19.0 Å². The number of aryl methyl sites for hydroxylation is 1. The highest BCUT2D eigenvalue weighted by atomic mass is 35.5. The van der Waals surface area contributed by atoms with Gasteiger partial charge in [-0.3, -0.25) is 9.59 Å². The molecule has 6 nitrogen and oxygen atoms in total. The lowest BCUT2D eigenvalue weighted by Gasteiger charge is -2.12. The molecule has 3 aromatic rings. The van der Waals surface area contributed by atoms with Crippen LogP contribution < -0.4 is 20.3 Å². The molecule has 0 aliphatic carbocycles. The number of carbonyl (C=O) groups is 1. The zero-order chi connectivity index (χ0) is 18.7. The third-order valence-electron chi connectivity index (χ3n) is 3.91. The van der Waals surface area contributed by atoms with E-state index in [0.717, 1.165) is 10.9 Å². The maximum Gasteiger partial charge on any atom is 0.262 e. The Balaban J connectivity index is 1.74. The van der Waals surface area contributed by atoms with E-state index in [4.69, 9.17) is 21.1 Å². The van der Waals surface area contributed by atoms with E-state index in [-0.39, 0.29) is 18.1 Å². The number of nitrogens with zero attached hydrogens (tertiary/aromatic N) is 1. The molecule has 0 radical (unpaired) electrons. The summed E-state index contributed by atoms with van der Waals surface area (Å²) in [5, 5.41) is 3.84. The van der Waals surface area contributed by atoms with Gasteiger partial charge < -0.3 is 19.4 Å². The van der Waals surface area contributed by atoms with E-state index in [1.165, 1.54) is 17.7 Å². The Morgan fingerprint density at radius 1 is 1.15 bits per heavy atom. The second-order valence-corrected chi connectivity index (χ2v) is 6.02. The van der Waals surface area contributed by atoms with Crippen LogP contribution in [-0.2, 0) is 11.8 Å². The molecule has 0 unspecified atom stereocenters. The van der Waals surface area contributed by atoms with Crippen LogP contribution in [0.4, 0.5) is 5.69 Å². The summed E-state index contributed by atoms with van der Waals surface area (Å²) in [7, 11) is 3.20. The van der Waals surface area contributed by atoms with Crippen LogP contribution >= 0.6 is 11.6 Å². The molecule has 0 atom stereocenters. The Hall–Kier alpha value is -2.99. The molecule has 0 saturated carbocycles. The molecule has 1 N–H and O–H groups in total. The Kier molecular flexibility index (Phi) is 5.14. The van der Waals surface area contributed by atoms with Crippen LogP contribution in [0.25, 0.3) is 10.9 Å². The molecule has 7 heteroatoms. The number of hydrogen-bond donors (Lipinski definition) is 1. The first-order chi connectivity index (χ1) is 12.5. The second kappa shape index (κ2) is 7.49. The number of amides is 1. The minimum Gasteiger partial charge on any atom is -0.495 e. The van der Waals surface area contributed by atoms with Crippen LogP contribution in [0.1, 0.15) is 0 Å². The van der Waals surface area contributed by atoms with Gasteiger partial charge in [-0.2, -0.15) is 0 Å². The number of halogens is 1. The minimum absolute atomic E-state index is 0.207. The van der Waals surface area contributed by atoms with E-state index in [0.29, 0.717) is 22.2 Å². The van der Waals surface area contributed by atoms with Crippen molar-refractivity contribution in [2.45, 2.75) is 0 Å². The van der Waals surface area contributed by atoms with Crippen molar-refractivity contribution in [3.8, 4) is 11.5 Å². The molecular formula is C19H17ClN2O4. The maximum absolute atomic E-state index is 12.1. The van der Waals surface area contributed by atoms with Gasteiger partial charge in [0.25, 0.3) is 11.5 Å². The fourth-order valence-electron chi connectivity index (χ4n) is 2.58. The summed E-state index contributed by atoms with van der Waals surface area (Å²) < 4.78 is 12.2. The minimum atomic E-state index is -0.365. The Morgan fingerprint density at radius 3 is 2.65 bits per heavy atom. The molecule has 1 heterocycles. The highest BCUT2D eigenvalue weighted by molar-refractivity contribution is 6.32. The predicted octanol–water partition coefficient (Wildman–Crippen LogP) is 3.22. The standard InChI is InChI=1S/C19H17ClN2O4/c1-22-15-6-4-3-5-13(15)17(10-19(22)24)26-11-18(23)21-12-7-8-16(25-2)14(20)9-12/h3-10H,11H2,1-2H3,(H,21,23). The lowest BCUT2D eigenvalue weighted by molar-refractivity contribution is -0.118. The quantitative estimate of drug-likeness (QED) is 0.746. The molecule has 1 amide bonds. The highest BCUT2D eigenvalue weighted by Gasteiger charge is 2.10. The Morgan fingerprint density at radius 2 is 1.92 bits per heavy atom. The molecule has 26 heavy (non-hydrogen) atoms. The van der Waals surface area contributed by atoms with E-state index in [1.807, 2.05) is 24.3 Å². The van der Waals surface area contributed by atoms with Crippen molar-refractivity contribution in [1.82, 2.24) is 4.57 Å². The summed E-state index contributed by atoms with van der Waals surface area (Å²) in [4.78, 5) is 24.2. The number of benzene rings is 2. The lowest BCUT2D eigenvalue weighted by Crippen LogP contribution is -2.22. The number of fused-ring (bicyclic) bond motifs is 1. The van der Waals surface area contributed by atoms with E-state index >= 15 is 0 Å². The van der Waals surface area contributed by atoms with Gasteiger partial charge in [-0.05, 0) is 30.3 Å². The predicted molar refractivity (Wildman–Crippen MR) is 101 cm³/mol. The van der Waals surface area contributed by atoms with Crippen LogP contribution in [0.15, 0.2) is 53.3 Å². The number of aromatic nitrogens is 1. The molecule has 0 aliphatic rings. The van der Waals surface area contributed by atoms with Gasteiger partial charge in [0.05, 0.1) is 17.6 Å². The molecule has 134 valence electrons. The molecule has 0 bridgehead atoms. The molecule has 0 fully saturated rings. The zero-order valence-corrected chi connectivity index (χ0v) is 15.0. The van der Waals surface area contributed by atoms with Gasteiger partial charge in [0.1, 0.15) is 11.5 Å². The number of methoxy groups -OCH3 is 1. The van der Waals surface area contributed by atoms with Crippen molar-refractivity contribution in [3.63, 3.8) is 0 Å². The van der Waals surface area contributed by atoms with Crippen molar-refractivity contribution in [3.05, 3.63) is 63.9 Å². The summed E-state index contributed by atoms with van der Waals surface area (Å²) in [6, 6.07) is 13.6. The van der Waals surface area contributed by atoms with Crippen LogP contribution in [0.3, 0.4) is 0 Å². The molecule has 3 rings (SSSR count). The fourth-order valence-corrected chi connectivity index (χ4v) is 2.84. The number of rotatable bonds is 5. The number of nitrogens with one attached hydrogen (secondary N) is 1. The maximum atomic E-state index is 12.1. The second-order valence-electron chi connectivity index (χ2n) is 5.61. The van der Waals surface area contributed by atoms with Crippen LogP contribution in [0.5, 0.6) is 11.5 Å². The highest BCUT2D eigenvalue weighted by Crippen LogP contribution is 2.27. The first kappa shape index (κ1) is 17.8. The van der Waals surface area contributed by atoms with E-state index in [1.54, 1.807) is 25.2 Å². The van der Waals surface area contributed by atoms with Crippen molar-refractivity contribution >= 4 is 34.1 Å². The fraction of sp³-hybridized carbons (Fsp3) is 0.158. The summed E-state index contributed by atoms with van der Waals surface area (Å²) in [5.74, 6) is 0.523. The van der Waals surface area contributed by atoms with Gasteiger partial charge in [0.2, 0.25) is 0 Å². The van der Waals surface area contributed by atoms with Crippen LogP contribution in [0, 0.1) is 0 Å². The molecule has 0 spiro atoms. The SMILES string of the molecule is COc1ccc(NC(=O)COc2cc(=O)n(C)c3ccccc23)cc1Cl.